The predicted molar refractivity (Wildman–Crippen MR) is 77.8 cm³/mol. The summed E-state index contributed by atoms with van der Waals surface area (Å²) >= 11 is 0. The average molecular weight is 279 g/mol. The fourth-order valence-corrected chi connectivity index (χ4v) is 2.52. The van der Waals surface area contributed by atoms with Gasteiger partial charge in [0.1, 0.15) is 0 Å². The summed E-state index contributed by atoms with van der Waals surface area (Å²) in [6.45, 7) is 6.28. The zero-order chi connectivity index (χ0) is 14.7. The van der Waals surface area contributed by atoms with E-state index in [1.165, 1.54) is 0 Å². The molecule has 0 aromatic carbocycles. The molecule has 1 heterocycles. The van der Waals surface area contributed by atoms with Gasteiger partial charge in [0.25, 0.3) is 5.91 Å². The van der Waals surface area contributed by atoms with E-state index >= 15 is 0 Å². The Hall–Kier alpha value is -1.36. The normalized spacial score (nSPS) is 16.4. The number of aliphatic hydroxyl groups excluding tert-OH is 1. The zero-order valence-electron chi connectivity index (χ0n) is 12.6. The molecule has 5 nitrogen and oxygen atoms in total. The Balaban J connectivity index is 2.17. The average Bonchev–Trinajstić information content (AvgIpc) is 3.15. The van der Waals surface area contributed by atoms with Crippen LogP contribution in [0.1, 0.15) is 74.5 Å². The van der Waals surface area contributed by atoms with Crippen LogP contribution in [0.25, 0.3) is 0 Å². The molecule has 2 rings (SSSR count). The molecule has 0 aliphatic heterocycles. The highest BCUT2D eigenvalue weighted by molar-refractivity contribution is 5.95. The van der Waals surface area contributed by atoms with Gasteiger partial charge in [0, 0.05) is 24.6 Å². The molecule has 1 aliphatic carbocycles. The third-order valence-corrected chi connectivity index (χ3v) is 3.84. The minimum absolute atomic E-state index is 0.0296. The van der Waals surface area contributed by atoms with Gasteiger partial charge in [0.15, 0.2) is 0 Å². The largest absolute Gasteiger partial charge is 0.396 e. The van der Waals surface area contributed by atoms with Crippen LogP contribution in [0.5, 0.6) is 0 Å². The molecule has 1 saturated carbocycles. The number of nitrogens with one attached hydrogen (secondary N) is 1. The molecule has 1 unspecified atom stereocenters. The summed E-state index contributed by atoms with van der Waals surface area (Å²) in [4.78, 5) is 12.4. The van der Waals surface area contributed by atoms with Crippen LogP contribution < -0.4 is 5.32 Å². The number of rotatable bonds is 7. The summed E-state index contributed by atoms with van der Waals surface area (Å²) in [6, 6.07) is 0.300. The first-order valence-electron chi connectivity index (χ1n) is 7.57. The van der Waals surface area contributed by atoms with Gasteiger partial charge in [0.05, 0.1) is 17.5 Å². The quantitative estimate of drug-likeness (QED) is 0.804. The number of aromatic nitrogens is 2. The highest BCUT2D eigenvalue weighted by Gasteiger charge is 2.33. The van der Waals surface area contributed by atoms with E-state index in [0.717, 1.165) is 25.0 Å². The van der Waals surface area contributed by atoms with Crippen LogP contribution in [-0.2, 0) is 0 Å². The topological polar surface area (TPSA) is 67.2 Å². The van der Waals surface area contributed by atoms with E-state index in [1.54, 1.807) is 6.20 Å². The van der Waals surface area contributed by atoms with Crippen molar-refractivity contribution in [3.05, 3.63) is 17.5 Å². The fraction of sp³-hybridized carbons (Fsp3) is 0.733. The lowest BCUT2D eigenvalue weighted by Gasteiger charge is -2.16. The molecular weight excluding hydrogens is 254 g/mol. The minimum Gasteiger partial charge on any atom is -0.396 e. The zero-order valence-corrected chi connectivity index (χ0v) is 12.6. The number of aliphatic hydroxyl groups is 1. The summed E-state index contributed by atoms with van der Waals surface area (Å²) in [7, 11) is 0. The van der Waals surface area contributed by atoms with Crippen LogP contribution in [-0.4, -0.2) is 33.4 Å². The number of hydrogen-bond donors (Lipinski definition) is 2. The summed E-state index contributed by atoms with van der Waals surface area (Å²) in [5.41, 5.74) is 1.79. The molecule has 1 amide bonds. The molecule has 5 heteroatoms. The molecule has 1 aromatic heterocycles. The molecule has 0 spiro atoms. The summed E-state index contributed by atoms with van der Waals surface area (Å²) in [5.74, 6) is 0.428. The van der Waals surface area contributed by atoms with Crippen molar-refractivity contribution in [1.29, 1.82) is 0 Å². The Labute approximate surface area is 120 Å². The van der Waals surface area contributed by atoms with Crippen molar-refractivity contribution >= 4 is 5.91 Å². The molecule has 2 N–H and O–H groups in total. The summed E-state index contributed by atoms with van der Waals surface area (Å²) in [5, 5.41) is 16.4. The lowest BCUT2D eigenvalue weighted by atomic mass is 10.1. The Morgan fingerprint density at radius 2 is 2.25 bits per heavy atom. The number of amides is 1. The Bertz CT molecular complexity index is 464. The van der Waals surface area contributed by atoms with Crippen molar-refractivity contribution in [2.45, 2.75) is 64.5 Å². The second-order valence-corrected chi connectivity index (χ2v) is 5.85. The third-order valence-electron chi connectivity index (χ3n) is 3.84. The molecule has 0 bridgehead atoms. The van der Waals surface area contributed by atoms with E-state index in [4.69, 9.17) is 5.11 Å². The predicted octanol–water partition coefficient (Wildman–Crippen LogP) is 2.23. The van der Waals surface area contributed by atoms with Crippen molar-refractivity contribution in [3.8, 4) is 0 Å². The molecular formula is C15H25N3O2. The van der Waals surface area contributed by atoms with Crippen molar-refractivity contribution in [2.75, 3.05) is 6.61 Å². The van der Waals surface area contributed by atoms with E-state index in [1.807, 2.05) is 11.6 Å². The Kier molecular flexibility index (Phi) is 4.81. The number of carbonyl (C=O) groups excluding carboxylic acids is 1. The highest BCUT2D eigenvalue weighted by atomic mass is 16.3. The lowest BCUT2D eigenvalue weighted by Crippen LogP contribution is -2.35. The van der Waals surface area contributed by atoms with Gasteiger partial charge in [-0.25, -0.2) is 0 Å². The van der Waals surface area contributed by atoms with E-state index in [9.17, 15) is 4.79 Å². The second-order valence-electron chi connectivity index (χ2n) is 5.85. The third kappa shape index (κ3) is 3.20. The molecule has 0 radical (unpaired) electrons. The molecule has 1 aliphatic rings. The molecule has 1 aromatic rings. The SMILES string of the molecule is CCC(CCO)NC(=O)c1cnn(C(C)C)c1C1CC1. The maximum Gasteiger partial charge on any atom is 0.254 e. The van der Waals surface area contributed by atoms with Gasteiger partial charge in [-0.1, -0.05) is 6.92 Å². The first kappa shape index (κ1) is 15.0. The molecule has 20 heavy (non-hydrogen) atoms. The van der Waals surface area contributed by atoms with Gasteiger partial charge in [-0.2, -0.15) is 5.10 Å². The van der Waals surface area contributed by atoms with Crippen molar-refractivity contribution in [2.24, 2.45) is 0 Å². The highest BCUT2D eigenvalue weighted by Crippen LogP contribution is 2.42. The van der Waals surface area contributed by atoms with Gasteiger partial charge in [-0.3, -0.25) is 9.48 Å². The van der Waals surface area contributed by atoms with Crippen molar-refractivity contribution in [3.63, 3.8) is 0 Å². The summed E-state index contributed by atoms with van der Waals surface area (Å²) in [6.07, 6.45) is 5.40. The van der Waals surface area contributed by atoms with Gasteiger partial charge < -0.3 is 10.4 Å². The van der Waals surface area contributed by atoms with Crippen LogP contribution in [0.3, 0.4) is 0 Å². The van der Waals surface area contributed by atoms with Gasteiger partial charge in [-0.15, -0.1) is 0 Å². The Morgan fingerprint density at radius 3 is 2.75 bits per heavy atom. The standard InChI is InChI=1S/C15H25N3O2/c1-4-12(7-8-19)17-15(20)13-9-16-18(10(2)3)14(13)11-5-6-11/h9-12,19H,4-8H2,1-3H3,(H,17,20). The van der Waals surface area contributed by atoms with Crippen LogP contribution >= 0.6 is 0 Å². The molecule has 1 fully saturated rings. The maximum atomic E-state index is 12.4. The van der Waals surface area contributed by atoms with Crippen LogP contribution in [0.4, 0.5) is 0 Å². The maximum absolute atomic E-state index is 12.4. The van der Waals surface area contributed by atoms with Crippen LogP contribution in [0.15, 0.2) is 6.20 Å². The first-order valence-corrected chi connectivity index (χ1v) is 7.57. The first-order chi connectivity index (χ1) is 9.58. The van der Waals surface area contributed by atoms with E-state index in [2.05, 4.69) is 24.3 Å². The number of nitrogens with zero attached hydrogens (tertiary/aromatic N) is 2. The number of hydrogen-bond acceptors (Lipinski definition) is 3. The molecule has 0 saturated heterocycles. The van der Waals surface area contributed by atoms with Crippen molar-refractivity contribution in [1.82, 2.24) is 15.1 Å². The van der Waals surface area contributed by atoms with E-state index < -0.39 is 0 Å². The lowest BCUT2D eigenvalue weighted by molar-refractivity contribution is 0.0928. The molecule has 1 atom stereocenters. The smallest absolute Gasteiger partial charge is 0.254 e. The minimum atomic E-state index is -0.0564. The monoisotopic (exact) mass is 279 g/mol. The number of carbonyl (C=O) groups is 1. The molecule has 112 valence electrons. The van der Waals surface area contributed by atoms with Crippen LogP contribution in [0, 0.1) is 0 Å². The van der Waals surface area contributed by atoms with Gasteiger partial charge >= 0.3 is 0 Å². The van der Waals surface area contributed by atoms with Gasteiger partial charge in [0.2, 0.25) is 0 Å². The van der Waals surface area contributed by atoms with E-state index in [-0.39, 0.29) is 24.6 Å². The van der Waals surface area contributed by atoms with Crippen LogP contribution in [0.2, 0.25) is 0 Å². The second kappa shape index (κ2) is 6.39. The van der Waals surface area contributed by atoms with Crippen molar-refractivity contribution < 1.29 is 9.90 Å². The van der Waals surface area contributed by atoms with E-state index in [0.29, 0.717) is 17.9 Å². The fourth-order valence-electron chi connectivity index (χ4n) is 2.52. The Morgan fingerprint density at radius 1 is 1.55 bits per heavy atom. The summed E-state index contributed by atoms with van der Waals surface area (Å²) < 4.78 is 1.97. The van der Waals surface area contributed by atoms with Gasteiger partial charge in [-0.05, 0) is 39.5 Å².